The predicted octanol–water partition coefficient (Wildman–Crippen LogP) is 4.39. The Labute approximate surface area is 193 Å². The van der Waals surface area contributed by atoms with Crippen LogP contribution >= 0.6 is 0 Å². The lowest BCUT2D eigenvalue weighted by molar-refractivity contribution is 0.153. The van der Waals surface area contributed by atoms with Gasteiger partial charge in [-0.25, -0.2) is 13.4 Å². The highest BCUT2D eigenvalue weighted by Gasteiger charge is 2.38. The number of hydrogen-bond acceptors (Lipinski definition) is 5. The highest BCUT2D eigenvalue weighted by Crippen LogP contribution is 2.37. The molecule has 0 radical (unpaired) electrons. The molecule has 0 saturated carbocycles. The Balaban J connectivity index is 1.81. The Hall–Kier alpha value is -1.58. The maximum Gasteiger partial charge on any atom is 0.260 e. The van der Waals surface area contributed by atoms with Crippen molar-refractivity contribution < 1.29 is 18.0 Å². The molecule has 6 nitrogen and oxygen atoms in total. The molecule has 0 spiro atoms. The molecule has 0 amide bonds. The summed E-state index contributed by atoms with van der Waals surface area (Å²) in [7, 11) is -5.74. The fourth-order valence-electron chi connectivity index (χ4n) is 3.75. The summed E-state index contributed by atoms with van der Waals surface area (Å²) < 4.78 is 34.7. The number of nitrogens with zero attached hydrogens (tertiary/aromatic N) is 2. The second-order valence-electron chi connectivity index (χ2n) is 10.3. The van der Waals surface area contributed by atoms with Crippen molar-refractivity contribution in [2.24, 2.45) is 5.92 Å². The fraction of sp³-hybridized carbons (Fsp3) is 0.542. The first-order valence-corrected chi connectivity index (χ1v) is 15.5. The third-order valence-corrected chi connectivity index (χ3v) is 13.1. The van der Waals surface area contributed by atoms with Crippen LogP contribution in [-0.4, -0.2) is 50.8 Å². The first-order chi connectivity index (χ1) is 14.9. The van der Waals surface area contributed by atoms with Crippen molar-refractivity contribution in [2.75, 3.05) is 19.7 Å². The average molecular weight is 477 g/mol. The minimum absolute atomic E-state index is 0.0385. The first-order valence-electron chi connectivity index (χ1n) is 11.2. The van der Waals surface area contributed by atoms with Gasteiger partial charge in [-0.2, -0.15) is 4.31 Å². The number of pyridine rings is 1. The Bertz CT molecular complexity index is 1010. The summed E-state index contributed by atoms with van der Waals surface area (Å²) in [5, 5.41) is 9.93. The number of sulfonamides is 1. The summed E-state index contributed by atoms with van der Waals surface area (Å²) in [4.78, 5) is 4.19. The summed E-state index contributed by atoms with van der Waals surface area (Å²) in [5.41, 5.74) is 1.90. The van der Waals surface area contributed by atoms with Crippen LogP contribution in [0.25, 0.3) is 0 Å². The van der Waals surface area contributed by atoms with Crippen molar-refractivity contribution >= 4 is 18.3 Å². The second-order valence-corrected chi connectivity index (χ2v) is 17.0. The van der Waals surface area contributed by atoms with E-state index < -0.39 is 18.3 Å². The van der Waals surface area contributed by atoms with E-state index in [1.54, 1.807) is 12.3 Å². The molecule has 1 aromatic heterocycles. The third-order valence-electron chi connectivity index (χ3n) is 6.84. The molecule has 2 heterocycles. The largest absolute Gasteiger partial charge is 0.413 e. The van der Waals surface area contributed by atoms with Crippen LogP contribution in [0, 0.1) is 5.92 Å². The minimum Gasteiger partial charge on any atom is -0.413 e. The molecule has 0 bridgehead atoms. The van der Waals surface area contributed by atoms with Crippen molar-refractivity contribution in [3.63, 3.8) is 0 Å². The van der Waals surface area contributed by atoms with Gasteiger partial charge in [0, 0.05) is 25.9 Å². The summed E-state index contributed by atoms with van der Waals surface area (Å²) in [6.07, 6.45) is 2.31. The topological polar surface area (TPSA) is 79.7 Å². The Kier molecular flexibility index (Phi) is 7.61. The molecule has 1 fully saturated rings. The van der Waals surface area contributed by atoms with E-state index in [1.165, 1.54) is 4.31 Å². The van der Waals surface area contributed by atoms with E-state index in [-0.39, 0.29) is 28.5 Å². The molecule has 1 N–H and O–H groups in total. The van der Waals surface area contributed by atoms with Gasteiger partial charge in [-0.1, -0.05) is 51.1 Å². The first kappa shape index (κ1) is 25.0. The lowest BCUT2D eigenvalue weighted by atomic mass is 9.86. The quantitative estimate of drug-likeness (QED) is 0.600. The Morgan fingerprint density at radius 1 is 1.16 bits per heavy atom. The monoisotopic (exact) mass is 476 g/mol. The number of aliphatic hydroxyl groups is 1. The molecule has 0 aliphatic carbocycles. The van der Waals surface area contributed by atoms with E-state index in [0.29, 0.717) is 19.7 Å². The van der Waals surface area contributed by atoms with E-state index in [1.807, 2.05) is 36.4 Å². The summed E-state index contributed by atoms with van der Waals surface area (Å²) in [5.74, 6) is -0.0594. The smallest absolute Gasteiger partial charge is 0.260 e. The van der Waals surface area contributed by atoms with Crippen molar-refractivity contribution in [1.29, 1.82) is 0 Å². The molecule has 3 rings (SSSR count). The number of aromatic nitrogens is 1. The molecule has 32 heavy (non-hydrogen) atoms. The van der Waals surface area contributed by atoms with Gasteiger partial charge in [0.15, 0.2) is 13.3 Å². The van der Waals surface area contributed by atoms with Gasteiger partial charge in [-0.3, -0.25) is 0 Å². The highest BCUT2D eigenvalue weighted by atomic mass is 32.2. The summed E-state index contributed by atoms with van der Waals surface area (Å²) >= 11 is 0. The second kappa shape index (κ2) is 9.73. The molecule has 1 aromatic carbocycles. The van der Waals surface area contributed by atoms with Gasteiger partial charge in [-0.05, 0) is 59.6 Å². The number of rotatable bonds is 7. The minimum atomic E-state index is -3.78. The van der Waals surface area contributed by atoms with Crippen molar-refractivity contribution in [3.05, 3.63) is 59.8 Å². The van der Waals surface area contributed by atoms with Crippen LogP contribution in [0.4, 0.5) is 0 Å². The summed E-state index contributed by atoms with van der Waals surface area (Å²) in [6.45, 7) is 11.9. The zero-order valence-corrected chi connectivity index (χ0v) is 21.6. The van der Waals surface area contributed by atoms with Gasteiger partial charge >= 0.3 is 0 Å². The molecule has 8 heteroatoms. The van der Waals surface area contributed by atoms with Gasteiger partial charge in [0.05, 0.1) is 6.61 Å². The van der Waals surface area contributed by atoms with Gasteiger partial charge < -0.3 is 9.53 Å². The van der Waals surface area contributed by atoms with Crippen LogP contribution in [0.1, 0.15) is 44.2 Å². The molecular weight excluding hydrogens is 440 g/mol. The zero-order valence-electron chi connectivity index (χ0n) is 19.8. The molecular formula is C24H36N2O4SSi. The molecule has 1 aliphatic heterocycles. The van der Waals surface area contributed by atoms with Crippen molar-refractivity contribution in [1.82, 2.24) is 9.29 Å². The van der Waals surface area contributed by atoms with Gasteiger partial charge in [0.25, 0.3) is 10.0 Å². The molecule has 2 unspecified atom stereocenters. The lowest BCUT2D eigenvalue weighted by Gasteiger charge is -2.36. The Morgan fingerprint density at radius 3 is 2.47 bits per heavy atom. The molecule has 2 atom stereocenters. The van der Waals surface area contributed by atoms with E-state index >= 15 is 0 Å². The molecule has 1 aliphatic rings. The maximum atomic E-state index is 13.5. The van der Waals surface area contributed by atoms with Crippen molar-refractivity contribution in [3.8, 4) is 0 Å². The Morgan fingerprint density at radius 2 is 1.84 bits per heavy atom. The van der Waals surface area contributed by atoms with Gasteiger partial charge in [-0.15, -0.1) is 0 Å². The van der Waals surface area contributed by atoms with E-state index in [0.717, 1.165) is 17.5 Å². The third kappa shape index (κ3) is 5.66. The SMILES string of the molecule is CC(C)(C)[Si](C)(C)OCc1ccnc(S(=O)(=O)N2CC(CO)CC(c3ccccc3)C2)c1. The number of piperidine rings is 1. The van der Waals surface area contributed by atoms with Crippen LogP contribution in [0.15, 0.2) is 53.7 Å². The number of aliphatic hydroxyl groups excluding tert-OH is 1. The van der Waals surface area contributed by atoms with Crippen LogP contribution in [0.2, 0.25) is 18.1 Å². The van der Waals surface area contributed by atoms with E-state index in [2.05, 4.69) is 38.8 Å². The van der Waals surface area contributed by atoms with Crippen LogP contribution in [-0.2, 0) is 21.1 Å². The lowest BCUT2D eigenvalue weighted by Crippen LogP contribution is -2.44. The van der Waals surface area contributed by atoms with Crippen LogP contribution in [0.3, 0.4) is 0 Å². The maximum absolute atomic E-state index is 13.5. The van der Waals surface area contributed by atoms with E-state index in [9.17, 15) is 13.5 Å². The number of hydrogen-bond donors (Lipinski definition) is 1. The average Bonchev–Trinajstić information content (AvgIpc) is 2.77. The number of benzene rings is 1. The molecule has 1 saturated heterocycles. The fourth-order valence-corrected chi connectivity index (χ4v) is 6.25. The summed E-state index contributed by atoms with van der Waals surface area (Å²) in [6, 6.07) is 13.4. The molecule has 176 valence electrons. The van der Waals surface area contributed by atoms with Crippen molar-refractivity contribution in [2.45, 2.75) is 62.9 Å². The highest BCUT2D eigenvalue weighted by molar-refractivity contribution is 7.89. The van der Waals surface area contributed by atoms with Crippen LogP contribution in [0.5, 0.6) is 0 Å². The standard InChI is InChI=1S/C24H36N2O4SSi/c1-24(2,3)32(4,5)30-18-19-11-12-25-23(14-19)31(28,29)26-15-20(17-27)13-22(16-26)21-9-7-6-8-10-21/h6-12,14,20,22,27H,13,15-18H2,1-5H3. The van der Waals surface area contributed by atoms with E-state index in [4.69, 9.17) is 4.43 Å². The van der Waals surface area contributed by atoms with Crippen LogP contribution < -0.4 is 0 Å². The molecule has 2 aromatic rings. The normalized spacial score (nSPS) is 20.9. The predicted molar refractivity (Wildman–Crippen MR) is 129 cm³/mol. The zero-order chi connectivity index (χ0) is 23.6. The van der Waals surface area contributed by atoms with Gasteiger partial charge in [0.1, 0.15) is 0 Å². The van der Waals surface area contributed by atoms with Gasteiger partial charge in [0.2, 0.25) is 0 Å².